The molecule has 0 aliphatic rings. The van der Waals surface area contributed by atoms with Gasteiger partial charge in [-0.05, 0) is 23.8 Å². The lowest BCUT2D eigenvalue weighted by Crippen LogP contribution is -2.23. The summed E-state index contributed by atoms with van der Waals surface area (Å²) in [5.74, 6) is 3.39. The number of halogens is 6. The fraction of sp³-hybridized carbons (Fsp3) is 0.0667. The molecule has 1 aromatic heterocycles. The molecule has 3 rings (SSSR count). The molecule has 0 saturated carbocycles. The van der Waals surface area contributed by atoms with Crippen LogP contribution in [0.3, 0.4) is 0 Å². The van der Waals surface area contributed by atoms with Gasteiger partial charge < -0.3 is 0 Å². The number of aromatic nitrogens is 2. The lowest BCUT2D eigenvalue weighted by Gasteiger charge is -2.16. The van der Waals surface area contributed by atoms with E-state index < -0.39 is 17.9 Å². The Labute approximate surface area is 157 Å². The van der Waals surface area contributed by atoms with Crippen molar-refractivity contribution in [2.24, 2.45) is 5.84 Å². The Hall–Kier alpha value is -2.17. The first kappa shape index (κ1) is 18.6. The zero-order valence-corrected chi connectivity index (χ0v) is 15.0. The van der Waals surface area contributed by atoms with Crippen molar-refractivity contribution in [1.82, 2.24) is 9.97 Å². The number of nitrogens with zero attached hydrogens (tertiary/aromatic N) is 2. The number of hydrogen-bond donors (Lipinski definition) is 3. The fourth-order valence-electron chi connectivity index (χ4n) is 2.45. The van der Waals surface area contributed by atoms with Crippen LogP contribution in [-0.4, -0.2) is 16.3 Å². The van der Waals surface area contributed by atoms with Gasteiger partial charge in [0.15, 0.2) is 0 Å². The number of benzene rings is 2. The lowest BCUT2D eigenvalue weighted by molar-refractivity contribution is -0.100. The highest BCUT2D eigenvalue weighted by molar-refractivity contribution is 9.10. The highest BCUT2D eigenvalue weighted by Crippen LogP contribution is 2.40. The summed E-state index contributed by atoms with van der Waals surface area (Å²) in [5, 5.41) is 0.824. The Balaban J connectivity index is 2.43. The Morgan fingerprint density at radius 2 is 1.88 bits per heavy atom. The van der Waals surface area contributed by atoms with Crippen LogP contribution in [0.1, 0.15) is 0 Å². The minimum absolute atomic E-state index is 0.0129. The number of anilines is 2. The van der Waals surface area contributed by atoms with Gasteiger partial charge in [-0.15, -0.1) is 0 Å². The summed E-state index contributed by atoms with van der Waals surface area (Å²) in [4.78, 5) is 7.66. The van der Waals surface area contributed by atoms with E-state index in [9.17, 15) is 17.6 Å². The molecule has 0 bridgehead atoms. The van der Waals surface area contributed by atoms with Crippen LogP contribution in [0, 0.1) is 5.82 Å². The summed E-state index contributed by atoms with van der Waals surface area (Å²) in [7, 11) is 0. The zero-order chi connectivity index (χ0) is 19.1. The minimum atomic E-state index is -4.81. The van der Waals surface area contributed by atoms with Gasteiger partial charge in [-0.2, -0.15) is 18.2 Å². The minimum Gasteiger partial charge on any atom is -0.292 e. The van der Waals surface area contributed by atoms with E-state index >= 15 is 0 Å². The van der Waals surface area contributed by atoms with Crippen molar-refractivity contribution in [2.75, 3.05) is 10.7 Å². The molecule has 0 aliphatic carbocycles. The Morgan fingerprint density at radius 3 is 2.50 bits per heavy atom. The molecule has 26 heavy (non-hydrogen) atoms. The average molecular weight is 451 g/mol. The molecule has 0 radical (unpaired) electrons. The number of hydrogen-bond acceptors (Lipinski definition) is 5. The van der Waals surface area contributed by atoms with E-state index in [0.717, 1.165) is 6.07 Å². The van der Waals surface area contributed by atoms with Crippen molar-refractivity contribution < 1.29 is 17.6 Å². The van der Waals surface area contributed by atoms with Crippen molar-refractivity contribution >= 4 is 50.2 Å². The highest BCUT2D eigenvalue weighted by atomic mass is 79.9. The summed E-state index contributed by atoms with van der Waals surface area (Å²) in [5.41, 5.74) is 2.20. The largest absolute Gasteiger partial charge is 0.483 e. The maximum Gasteiger partial charge on any atom is 0.483 e. The molecule has 0 saturated heterocycles. The molecule has 0 aliphatic heterocycles. The first-order chi connectivity index (χ1) is 12.2. The van der Waals surface area contributed by atoms with Crippen LogP contribution in [0.5, 0.6) is 0 Å². The van der Waals surface area contributed by atoms with E-state index in [0.29, 0.717) is 10.0 Å². The van der Waals surface area contributed by atoms with Gasteiger partial charge in [-0.1, -0.05) is 39.7 Å². The quantitative estimate of drug-likeness (QED) is 0.225. The number of alkyl halides is 3. The van der Waals surface area contributed by atoms with Crippen LogP contribution >= 0.6 is 27.5 Å². The van der Waals surface area contributed by atoms with Crippen LogP contribution in [0.4, 0.5) is 29.3 Å². The number of nitrogens with two attached hydrogens (primary N) is 1. The molecule has 3 aromatic rings. The second-order valence-corrected chi connectivity index (χ2v) is 6.44. The highest BCUT2D eigenvalue weighted by Gasteiger charge is 2.31. The molecule has 136 valence electrons. The number of rotatable bonds is 3. The fourth-order valence-corrected chi connectivity index (χ4v) is 3.04. The molecule has 2 aromatic carbocycles. The van der Waals surface area contributed by atoms with Crippen molar-refractivity contribution in [3.05, 3.63) is 45.6 Å². The molecule has 0 unspecified atom stereocenters. The standard InChI is InChI=1S/C15H9BrClF4N5/c16-7-3-1-2-6(4-7)10-11-9(5-8(17)12(10)18)23-14(26-22)24-13(11)25-15(19,20)21/h1-5H,22H2,(H2,23,24,25,26). The van der Waals surface area contributed by atoms with Gasteiger partial charge in [-0.3, -0.25) is 10.7 Å². The number of nitrogens with one attached hydrogen (secondary N) is 2. The van der Waals surface area contributed by atoms with E-state index in [2.05, 4.69) is 31.3 Å². The Morgan fingerprint density at radius 1 is 1.15 bits per heavy atom. The second kappa shape index (κ2) is 6.86. The molecule has 5 nitrogen and oxygen atoms in total. The van der Waals surface area contributed by atoms with Gasteiger partial charge in [0.05, 0.1) is 15.9 Å². The molecule has 0 amide bonds. The van der Waals surface area contributed by atoms with Crippen molar-refractivity contribution in [1.29, 1.82) is 0 Å². The summed E-state index contributed by atoms with van der Waals surface area (Å²) < 4.78 is 54.2. The van der Waals surface area contributed by atoms with Crippen molar-refractivity contribution in [3.63, 3.8) is 0 Å². The van der Waals surface area contributed by atoms with Gasteiger partial charge >= 0.3 is 6.30 Å². The van der Waals surface area contributed by atoms with Crippen LogP contribution in [-0.2, 0) is 0 Å². The van der Waals surface area contributed by atoms with Gasteiger partial charge in [0.25, 0.3) is 0 Å². The molecular formula is C15H9BrClF4N5. The van der Waals surface area contributed by atoms with Gasteiger partial charge in [0, 0.05) is 10.0 Å². The number of nitrogen functional groups attached to an aromatic ring is 1. The third kappa shape index (κ3) is 3.67. The van der Waals surface area contributed by atoms with Gasteiger partial charge in [0.1, 0.15) is 11.6 Å². The van der Waals surface area contributed by atoms with E-state index in [-0.39, 0.29) is 27.4 Å². The Bertz CT molecular complexity index is 996. The predicted octanol–water partition coefficient (Wildman–Crippen LogP) is 5.07. The lowest BCUT2D eigenvalue weighted by atomic mass is 10.00. The number of fused-ring (bicyclic) bond motifs is 1. The average Bonchev–Trinajstić information content (AvgIpc) is 2.54. The molecule has 1 heterocycles. The molecule has 4 N–H and O–H groups in total. The van der Waals surface area contributed by atoms with Gasteiger partial charge in [0.2, 0.25) is 5.95 Å². The zero-order valence-electron chi connectivity index (χ0n) is 12.6. The third-order valence-electron chi connectivity index (χ3n) is 3.38. The van der Waals surface area contributed by atoms with Crippen LogP contribution < -0.4 is 16.6 Å². The van der Waals surface area contributed by atoms with Crippen LogP contribution in [0.25, 0.3) is 22.0 Å². The topological polar surface area (TPSA) is 75.9 Å². The summed E-state index contributed by atoms with van der Waals surface area (Å²) in [6.07, 6.45) is -4.81. The van der Waals surface area contributed by atoms with Crippen molar-refractivity contribution in [2.45, 2.75) is 6.30 Å². The van der Waals surface area contributed by atoms with E-state index in [1.807, 2.05) is 0 Å². The molecule has 0 fully saturated rings. The van der Waals surface area contributed by atoms with Crippen LogP contribution in [0.2, 0.25) is 5.02 Å². The number of hydrazine groups is 1. The van der Waals surface area contributed by atoms with E-state index in [1.54, 1.807) is 18.2 Å². The Kier molecular flexibility index (Phi) is 4.91. The van der Waals surface area contributed by atoms with Crippen LogP contribution in [0.15, 0.2) is 34.8 Å². The third-order valence-corrected chi connectivity index (χ3v) is 4.15. The second-order valence-electron chi connectivity index (χ2n) is 5.11. The summed E-state index contributed by atoms with van der Waals surface area (Å²) >= 11 is 9.17. The van der Waals surface area contributed by atoms with Crippen molar-refractivity contribution in [3.8, 4) is 11.1 Å². The maximum absolute atomic E-state index is 14.8. The van der Waals surface area contributed by atoms with E-state index in [4.69, 9.17) is 17.4 Å². The molecular weight excluding hydrogens is 442 g/mol. The first-order valence-corrected chi connectivity index (χ1v) is 8.14. The van der Waals surface area contributed by atoms with Gasteiger partial charge in [-0.25, -0.2) is 15.2 Å². The maximum atomic E-state index is 14.8. The predicted molar refractivity (Wildman–Crippen MR) is 95.1 cm³/mol. The first-order valence-electron chi connectivity index (χ1n) is 6.97. The summed E-state index contributed by atoms with van der Waals surface area (Å²) in [6.45, 7) is 0. The SMILES string of the molecule is NNc1nc(NC(F)(F)F)c2c(-c3cccc(Br)c3)c(F)c(Cl)cc2n1. The molecule has 0 spiro atoms. The monoisotopic (exact) mass is 449 g/mol. The van der Waals surface area contributed by atoms with E-state index in [1.165, 1.54) is 11.4 Å². The smallest absolute Gasteiger partial charge is 0.292 e. The summed E-state index contributed by atoms with van der Waals surface area (Å²) in [6, 6.07) is 7.49. The normalized spacial score (nSPS) is 11.7. The molecule has 0 atom stereocenters. The molecule has 11 heteroatoms.